The number of unbranched alkanes of at least 4 members (excludes halogenated alkanes) is 2. The van der Waals surface area contributed by atoms with Crippen molar-refractivity contribution in [2.24, 2.45) is 7.05 Å². The van der Waals surface area contributed by atoms with Gasteiger partial charge in [-0.05, 0) is 117 Å². The first-order valence-electron chi connectivity index (χ1n) is 19.4. The minimum absolute atomic E-state index is 0.0795. The molecule has 5 heterocycles. The molecule has 1 saturated heterocycles. The predicted molar refractivity (Wildman–Crippen MR) is 229 cm³/mol. The zero-order valence-electron chi connectivity index (χ0n) is 31.8. The zero-order valence-corrected chi connectivity index (χ0v) is 33.9. The van der Waals surface area contributed by atoms with E-state index in [1.165, 1.54) is 26.8 Å². The van der Waals surface area contributed by atoms with Crippen molar-refractivity contribution in [3.63, 3.8) is 0 Å². The van der Waals surface area contributed by atoms with Gasteiger partial charge in [-0.3, -0.25) is 28.1 Å². The lowest BCUT2D eigenvalue weighted by Gasteiger charge is -2.33. The van der Waals surface area contributed by atoms with E-state index in [1.807, 2.05) is 34.9 Å². The molecule has 2 aromatic carbocycles. The van der Waals surface area contributed by atoms with Gasteiger partial charge in [-0.15, -0.1) is 0 Å². The van der Waals surface area contributed by atoms with Gasteiger partial charge in [0.05, 0.1) is 22.3 Å². The molecule has 1 aliphatic carbocycles. The van der Waals surface area contributed by atoms with Crippen LogP contribution in [0.3, 0.4) is 0 Å². The van der Waals surface area contributed by atoms with E-state index < -0.39 is 22.6 Å². The molecule has 1 amide bonds. The number of anilines is 4. The maximum atomic E-state index is 15.1. The predicted octanol–water partition coefficient (Wildman–Crippen LogP) is 6.01. The molecule has 2 aliphatic rings. The van der Waals surface area contributed by atoms with Crippen LogP contribution >= 0.6 is 22.6 Å². The molecule has 0 unspecified atom stereocenters. The van der Waals surface area contributed by atoms with Crippen molar-refractivity contribution in [2.75, 3.05) is 35.2 Å². The Morgan fingerprint density at radius 2 is 1.79 bits per heavy atom. The molecule has 1 saturated carbocycles. The standard InChI is InChI=1S/C41H44FIN10O4/c1-24-35-34(38(50(2)39(24)55)49-32-13-10-25(43)21-31(32)42)40(56)53(28-11-12-28)41(57)52(35)29-8-6-7-27(22-29)48-33(54)9-4-3-5-17-44-26-15-19-51(20-16-26)37-30-14-18-45-36(30)46-23-47-37/h6-8,10,13-14,18,21-23,26,28,44,49H,3-5,9,11-12,15-17,19-20H2,1-2H3,(H,48,54)(H,45,46,47). The van der Waals surface area contributed by atoms with Crippen LogP contribution in [0.25, 0.3) is 27.6 Å². The van der Waals surface area contributed by atoms with Crippen molar-refractivity contribution < 1.29 is 9.18 Å². The lowest BCUT2D eigenvalue weighted by molar-refractivity contribution is -0.116. The summed E-state index contributed by atoms with van der Waals surface area (Å²) < 4.78 is 19.6. The summed E-state index contributed by atoms with van der Waals surface area (Å²) in [4.78, 5) is 69.4. The molecule has 296 valence electrons. The maximum absolute atomic E-state index is 15.1. The number of carbonyl (C=O) groups excluding carboxylic acids is 1. The number of hydrogen-bond donors (Lipinski definition) is 4. The number of aryl methyl sites for hydroxylation is 1. The van der Waals surface area contributed by atoms with Gasteiger partial charge in [0.2, 0.25) is 5.91 Å². The molecular weight excluding hydrogens is 842 g/mol. The summed E-state index contributed by atoms with van der Waals surface area (Å²) in [6.07, 6.45) is 9.80. The molecule has 8 rings (SSSR count). The first-order chi connectivity index (χ1) is 27.6. The second-order valence-electron chi connectivity index (χ2n) is 14.9. The normalized spacial score (nSPS) is 14.8. The number of nitrogens with zero attached hydrogens (tertiary/aromatic N) is 6. The number of nitrogens with one attached hydrogen (secondary N) is 4. The summed E-state index contributed by atoms with van der Waals surface area (Å²) >= 11 is 2.01. The summed E-state index contributed by atoms with van der Waals surface area (Å²) in [5, 5.41) is 10.8. The third-order valence-corrected chi connectivity index (χ3v) is 11.6. The molecule has 0 bridgehead atoms. The first-order valence-corrected chi connectivity index (χ1v) is 20.5. The van der Waals surface area contributed by atoms with Crippen LogP contribution in [-0.2, 0) is 11.8 Å². The highest BCUT2D eigenvalue weighted by molar-refractivity contribution is 14.1. The van der Waals surface area contributed by atoms with Crippen molar-refractivity contribution in [1.29, 1.82) is 0 Å². The van der Waals surface area contributed by atoms with Crippen molar-refractivity contribution in [2.45, 2.75) is 70.4 Å². The van der Waals surface area contributed by atoms with Gasteiger partial charge in [0.1, 0.15) is 34.8 Å². The van der Waals surface area contributed by atoms with Crippen LogP contribution in [-0.4, -0.2) is 60.2 Å². The Kier molecular flexibility index (Phi) is 11.0. The van der Waals surface area contributed by atoms with Crippen LogP contribution in [0.1, 0.15) is 63.0 Å². The fourth-order valence-electron chi connectivity index (χ4n) is 7.82. The van der Waals surface area contributed by atoms with Crippen LogP contribution in [0.4, 0.5) is 27.4 Å². The lowest BCUT2D eigenvalue weighted by atomic mass is 10.0. The van der Waals surface area contributed by atoms with Crippen molar-refractivity contribution in [1.82, 2.24) is 34.0 Å². The van der Waals surface area contributed by atoms with Gasteiger partial charge in [0.25, 0.3) is 11.1 Å². The molecule has 4 N–H and O–H groups in total. The number of pyridine rings is 1. The zero-order chi connectivity index (χ0) is 39.8. The average molecular weight is 887 g/mol. The molecule has 14 nitrogen and oxygen atoms in total. The van der Waals surface area contributed by atoms with E-state index in [0.717, 1.165) is 68.6 Å². The molecule has 4 aromatic heterocycles. The average Bonchev–Trinajstić information content (AvgIpc) is 3.91. The number of rotatable bonds is 13. The fourth-order valence-corrected chi connectivity index (χ4v) is 8.27. The Bertz CT molecular complexity index is 2680. The Hall–Kier alpha value is -5.36. The lowest BCUT2D eigenvalue weighted by Crippen LogP contribution is -2.43. The van der Waals surface area contributed by atoms with E-state index in [0.29, 0.717) is 40.2 Å². The number of benzene rings is 2. The van der Waals surface area contributed by atoms with Crippen LogP contribution in [0.15, 0.2) is 75.4 Å². The Morgan fingerprint density at radius 1 is 0.982 bits per heavy atom. The van der Waals surface area contributed by atoms with E-state index in [4.69, 9.17) is 0 Å². The van der Waals surface area contributed by atoms with E-state index in [1.54, 1.807) is 49.6 Å². The number of fused-ring (bicyclic) bond motifs is 2. The molecule has 16 heteroatoms. The number of amides is 1. The van der Waals surface area contributed by atoms with Crippen LogP contribution in [0.2, 0.25) is 0 Å². The molecule has 1 aliphatic heterocycles. The number of H-pyrrole nitrogens is 1. The van der Waals surface area contributed by atoms with Gasteiger partial charge >= 0.3 is 5.69 Å². The van der Waals surface area contributed by atoms with Gasteiger partial charge in [0, 0.05) is 59.7 Å². The summed E-state index contributed by atoms with van der Waals surface area (Å²) in [6, 6.07) is 13.6. The molecule has 6 aromatic rings. The van der Waals surface area contributed by atoms with E-state index >= 15 is 4.39 Å². The van der Waals surface area contributed by atoms with Crippen molar-refractivity contribution >= 4 is 73.4 Å². The quantitative estimate of drug-likeness (QED) is 0.0804. The van der Waals surface area contributed by atoms with Gasteiger partial charge in [0.15, 0.2) is 0 Å². The van der Waals surface area contributed by atoms with Crippen molar-refractivity contribution in [3.8, 4) is 5.69 Å². The van der Waals surface area contributed by atoms with Crippen LogP contribution in [0, 0.1) is 16.3 Å². The topological polar surface area (TPSA) is 164 Å². The molecular formula is C41H44FIN10O4. The smallest absolute Gasteiger partial charge is 0.336 e. The van der Waals surface area contributed by atoms with E-state index in [-0.39, 0.29) is 39.9 Å². The number of aromatic nitrogens is 6. The first kappa shape index (κ1) is 38.5. The molecule has 57 heavy (non-hydrogen) atoms. The van der Waals surface area contributed by atoms with E-state index in [2.05, 4.69) is 35.8 Å². The van der Waals surface area contributed by atoms with E-state index in [9.17, 15) is 19.2 Å². The molecule has 0 spiro atoms. The summed E-state index contributed by atoms with van der Waals surface area (Å²) in [6.45, 7) is 4.31. The highest BCUT2D eigenvalue weighted by Crippen LogP contribution is 2.34. The van der Waals surface area contributed by atoms with Gasteiger partial charge in [-0.1, -0.05) is 12.5 Å². The number of aromatic amines is 1. The maximum Gasteiger partial charge on any atom is 0.336 e. The van der Waals surface area contributed by atoms with Crippen molar-refractivity contribution in [3.05, 3.63) is 107 Å². The molecule has 0 atom stereocenters. The Balaban J connectivity index is 0.927. The number of piperidine rings is 1. The van der Waals surface area contributed by atoms with Crippen LogP contribution in [0.5, 0.6) is 0 Å². The highest BCUT2D eigenvalue weighted by Gasteiger charge is 2.32. The summed E-state index contributed by atoms with van der Waals surface area (Å²) in [5.74, 6) is 0.360. The molecule has 0 radical (unpaired) electrons. The largest absolute Gasteiger partial charge is 0.356 e. The number of hydrogen-bond acceptors (Lipinski definition) is 9. The van der Waals surface area contributed by atoms with Gasteiger partial charge in [-0.25, -0.2) is 19.2 Å². The Labute approximate surface area is 340 Å². The minimum Gasteiger partial charge on any atom is -0.356 e. The SMILES string of the molecule is Cc1c(=O)n(C)c(Nc2ccc(I)cc2F)c2c(=O)n(C3CC3)c(=O)n(-c3cccc(NC(=O)CCCCCNC4CCN(c5ncnc6[nH]ccc56)CC4)c3)c12. The minimum atomic E-state index is -0.579. The monoisotopic (exact) mass is 886 g/mol. The highest BCUT2D eigenvalue weighted by atomic mass is 127. The third-order valence-electron chi connectivity index (χ3n) is 11.0. The third kappa shape index (κ3) is 7.84. The summed E-state index contributed by atoms with van der Waals surface area (Å²) in [5.41, 5.74) is 0.537. The second-order valence-corrected chi connectivity index (χ2v) is 16.1. The van der Waals surface area contributed by atoms with Crippen LogP contribution < -0.4 is 37.7 Å². The second kappa shape index (κ2) is 16.2. The number of halogens is 2. The summed E-state index contributed by atoms with van der Waals surface area (Å²) in [7, 11) is 1.51. The Morgan fingerprint density at radius 3 is 2.56 bits per heavy atom. The fraction of sp³-hybridized carbons (Fsp3) is 0.366. The van der Waals surface area contributed by atoms with Gasteiger partial charge < -0.3 is 25.8 Å². The molecule has 2 fully saturated rings. The van der Waals surface area contributed by atoms with Gasteiger partial charge in [-0.2, -0.15) is 0 Å². The number of carbonyl (C=O) groups is 1.